The molecule has 6 heteroatoms. The number of amides is 1. The molecule has 3 nitrogen and oxygen atoms in total. The van der Waals surface area contributed by atoms with Gasteiger partial charge < -0.3 is 5.32 Å². The molecule has 1 saturated heterocycles. The maximum absolute atomic E-state index is 13.4. The van der Waals surface area contributed by atoms with Crippen LogP contribution in [0.25, 0.3) is 0 Å². The number of halogens is 3. The zero-order valence-electron chi connectivity index (χ0n) is 14.9. The zero-order chi connectivity index (χ0) is 18.5. The van der Waals surface area contributed by atoms with Crippen LogP contribution in [-0.2, 0) is 11.3 Å². The first-order chi connectivity index (χ1) is 11.8. The first kappa shape index (κ1) is 19.8. The minimum Gasteiger partial charge on any atom is -0.342 e. The van der Waals surface area contributed by atoms with Crippen molar-refractivity contribution in [3.63, 3.8) is 0 Å². The van der Waals surface area contributed by atoms with Crippen LogP contribution in [0.3, 0.4) is 0 Å². The van der Waals surface area contributed by atoms with Crippen LogP contribution in [0.2, 0.25) is 0 Å². The van der Waals surface area contributed by atoms with Crippen LogP contribution in [-0.4, -0.2) is 35.6 Å². The predicted octanol–water partition coefficient (Wildman–Crippen LogP) is 4.14. The molecule has 0 spiro atoms. The van der Waals surface area contributed by atoms with E-state index in [9.17, 15) is 18.0 Å². The second-order valence-electron chi connectivity index (χ2n) is 6.81. The summed E-state index contributed by atoms with van der Waals surface area (Å²) in [6.07, 6.45) is -3.53. The number of carbonyl (C=O) groups excluding carboxylic acids is 1. The van der Waals surface area contributed by atoms with Crippen LogP contribution in [0.1, 0.15) is 45.1 Å². The van der Waals surface area contributed by atoms with Gasteiger partial charge in [-0.15, -0.1) is 0 Å². The van der Waals surface area contributed by atoms with Crippen molar-refractivity contribution < 1.29 is 18.0 Å². The number of benzene rings is 1. The van der Waals surface area contributed by atoms with Crippen molar-refractivity contribution in [3.8, 4) is 0 Å². The number of likely N-dealkylation sites (tertiary alicyclic amines) is 1. The molecule has 1 aliphatic heterocycles. The fraction of sp³-hybridized carbons (Fsp3) is 0.632. The van der Waals surface area contributed by atoms with Gasteiger partial charge >= 0.3 is 6.18 Å². The fourth-order valence-electron chi connectivity index (χ4n) is 3.43. The lowest BCUT2D eigenvalue weighted by Crippen LogP contribution is -2.59. The van der Waals surface area contributed by atoms with Crippen molar-refractivity contribution >= 4 is 5.91 Å². The molecule has 25 heavy (non-hydrogen) atoms. The highest BCUT2D eigenvalue weighted by molar-refractivity contribution is 5.79. The van der Waals surface area contributed by atoms with E-state index in [-0.39, 0.29) is 18.8 Å². The maximum Gasteiger partial charge on any atom is 0.411 e. The Labute approximate surface area is 147 Å². The number of hydrogen-bond acceptors (Lipinski definition) is 2. The molecule has 1 fully saturated rings. The summed E-state index contributed by atoms with van der Waals surface area (Å²) >= 11 is 0. The predicted molar refractivity (Wildman–Crippen MR) is 92.0 cm³/mol. The zero-order valence-corrected chi connectivity index (χ0v) is 14.9. The van der Waals surface area contributed by atoms with Gasteiger partial charge in [0.15, 0.2) is 0 Å². The van der Waals surface area contributed by atoms with Gasteiger partial charge in [-0.3, -0.25) is 9.69 Å². The second-order valence-corrected chi connectivity index (χ2v) is 6.81. The topological polar surface area (TPSA) is 32.3 Å². The molecule has 0 aromatic heterocycles. The molecule has 0 bridgehead atoms. The van der Waals surface area contributed by atoms with E-state index in [0.29, 0.717) is 12.8 Å². The lowest BCUT2D eigenvalue weighted by atomic mass is 9.89. The quantitative estimate of drug-likeness (QED) is 0.831. The van der Waals surface area contributed by atoms with Crippen LogP contribution >= 0.6 is 0 Å². The van der Waals surface area contributed by atoms with Gasteiger partial charge in [-0.2, -0.15) is 13.2 Å². The number of nitrogens with zero attached hydrogens (tertiary/aromatic N) is 1. The normalized spacial score (nSPS) is 17.5. The smallest absolute Gasteiger partial charge is 0.342 e. The molecule has 0 aliphatic carbocycles. The summed E-state index contributed by atoms with van der Waals surface area (Å²) in [6.45, 7) is 5.21. The molecular formula is C19H27F3N2O. The van der Waals surface area contributed by atoms with E-state index < -0.39 is 17.6 Å². The summed E-state index contributed by atoms with van der Waals surface area (Å²) in [5.74, 6) is -0.799. The molecule has 0 atom stereocenters. The van der Waals surface area contributed by atoms with E-state index in [4.69, 9.17) is 0 Å². The molecule has 1 N–H and O–H groups in total. The molecule has 2 rings (SSSR count). The minimum absolute atomic E-state index is 0.147. The molecule has 1 heterocycles. The monoisotopic (exact) mass is 356 g/mol. The van der Waals surface area contributed by atoms with Crippen LogP contribution < -0.4 is 5.32 Å². The van der Waals surface area contributed by atoms with E-state index >= 15 is 0 Å². The van der Waals surface area contributed by atoms with Crippen LogP contribution in [0, 0.1) is 5.92 Å². The maximum atomic E-state index is 13.4. The van der Waals surface area contributed by atoms with E-state index in [1.807, 2.05) is 18.2 Å². The van der Waals surface area contributed by atoms with Crippen molar-refractivity contribution in [2.45, 2.75) is 57.8 Å². The van der Waals surface area contributed by atoms with Crippen LogP contribution in [0.5, 0.6) is 0 Å². The van der Waals surface area contributed by atoms with E-state index in [1.54, 1.807) is 0 Å². The number of alkyl halides is 3. The summed E-state index contributed by atoms with van der Waals surface area (Å²) in [7, 11) is 0. The highest BCUT2D eigenvalue weighted by Gasteiger charge is 2.53. The Morgan fingerprint density at radius 1 is 1.12 bits per heavy atom. The lowest BCUT2D eigenvalue weighted by molar-refractivity contribution is -0.201. The fourth-order valence-corrected chi connectivity index (χ4v) is 3.43. The Hall–Kier alpha value is -1.56. The van der Waals surface area contributed by atoms with Gasteiger partial charge in [0, 0.05) is 12.5 Å². The van der Waals surface area contributed by atoms with Gasteiger partial charge in [0.1, 0.15) is 5.54 Å². The van der Waals surface area contributed by atoms with Gasteiger partial charge in [-0.05, 0) is 44.3 Å². The molecule has 140 valence electrons. The Morgan fingerprint density at radius 3 is 2.16 bits per heavy atom. The third-order valence-corrected chi connectivity index (χ3v) is 5.32. The number of hydrogen-bond donors (Lipinski definition) is 1. The number of carbonyl (C=O) groups is 1. The summed E-state index contributed by atoms with van der Waals surface area (Å²) in [5.41, 5.74) is -0.899. The summed E-state index contributed by atoms with van der Waals surface area (Å²) < 4.78 is 40.2. The Kier molecular flexibility index (Phi) is 6.49. The standard InChI is InChI=1S/C19H27F3N2O/c1-3-18(4-2,19(20,21)22)23-17(25)16-10-12-24(13-11-16)14-15-8-6-5-7-9-15/h5-9,16H,3-4,10-14H2,1-2H3,(H,23,25). The third-order valence-electron chi connectivity index (χ3n) is 5.32. The highest BCUT2D eigenvalue weighted by atomic mass is 19.4. The van der Waals surface area contributed by atoms with Crippen LogP contribution in [0.4, 0.5) is 13.2 Å². The number of nitrogens with one attached hydrogen (secondary N) is 1. The average Bonchev–Trinajstić information content (AvgIpc) is 2.60. The van der Waals surface area contributed by atoms with Crippen molar-refractivity contribution in [1.82, 2.24) is 10.2 Å². The van der Waals surface area contributed by atoms with Crippen molar-refractivity contribution in [2.24, 2.45) is 5.92 Å². The van der Waals surface area contributed by atoms with E-state index in [0.717, 1.165) is 19.6 Å². The second kappa shape index (κ2) is 8.21. The molecule has 0 saturated carbocycles. The lowest BCUT2D eigenvalue weighted by Gasteiger charge is -2.38. The van der Waals surface area contributed by atoms with Gasteiger partial charge in [-0.1, -0.05) is 44.2 Å². The molecule has 1 aromatic carbocycles. The Balaban J connectivity index is 1.90. The van der Waals surface area contributed by atoms with Gasteiger partial charge in [0.25, 0.3) is 0 Å². The molecule has 0 radical (unpaired) electrons. The SMILES string of the molecule is CCC(CC)(NC(=O)C1CCN(Cc2ccccc2)CC1)C(F)(F)F. The molecular weight excluding hydrogens is 329 g/mol. The van der Waals surface area contributed by atoms with Crippen molar-refractivity contribution in [2.75, 3.05) is 13.1 Å². The van der Waals surface area contributed by atoms with Crippen molar-refractivity contribution in [3.05, 3.63) is 35.9 Å². The molecule has 0 unspecified atom stereocenters. The minimum atomic E-state index is -4.43. The number of piperidine rings is 1. The highest BCUT2D eigenvalue weighted by Crippen LogP contribution is 2.36. The van der Waals surface area contributed by atoms with Crippen molar-refractivity contribution in [1.29, 1.82) is 0 Å². The first-order valence-corrected chi connectivity index (χ1v) is 8.96. The summed E-state index contributed by atoms with van der Waals surface area (Å²) in [6, 6.07) is 10.1. The van der Waals surface area contributed by atoms with Gasteiger partial charge in [-0.25, -0.2) is 0 Å². The molecule has 1 aliphatic rings. The number of rotatable bonds is 6. The van der Waals surface area contributed by atoms with Gasteiger partial charge in [0.2, 0.25) is 5.91 Å². The third kappa shape index (κ3) is 4.75. The average molecular weight is 356 g/mol. The van der Waals surface area contributed by atoms with Crippen LogP contribution in [0.15, 0.2) is 30.3 Å². The van der Waals surface area contributed by atoms with E-state index in [1.165, 1.54) is 19.4 Å². The Morgan fingerprint density at radius 2 is 1.68 bits per heavy atom. The Bertz CT molecular complexity index is 548. The molecule has 1 aromatic rings. The first-order valence-electron chi connectivity index (χ1n) is 8.96. The summed E-state index contributed by atoms with van der Waals surface area (Å²) in [4.78, 5) is 14.7. The van der Waals surface area contributed by atoms with E-state index in [2.05, 4.69) is 22.3 Å². The molecule has 1 amide bonds. The van der Waals surface area contributed by atoms with Gasteiger partial charge in [0.05, 0.1) is 0 Å². The summed E-state index contributed by atoms with van der Waals surface area (Å²) in [5, 5.41) is 2.32. The largest absolute Gasteiger partial charge is 0.411 e.